The van der Waals surface area contributed by atoms with Gasteiger partial charge in [0.05, 0.1) is 17.1 Å². The van der Waals surface area contributed by atoms with E-state index >= 15 is 0 Å². The molecule has 402 valence electrons. The fourth-order valence-electron chi connectivity index (χ4n) is 11.0. The fraction of sp³-hybridized carbons (Fsp3) is 0. The van der Waals surface area contributed by atoms with Gasteiger partial charge in [-0.2, -0.15) is 0 Å². The largest absolute Gasteiger partial charge is 0.353 e. The first kappa shape index (κ1) is 52.1. The van der Waals surface area contributed by atoms with E-state index < -0.39 is 0 Å². The second kappa shape index (κ2) is 24.6. The van der Waals surface area contributed by atoms with Crippen LogP contribution in [0.5, 0.6) is 0 Å². The number of nitrogens with zero attached hydrogens (tertiary/aromatic N) is 3. The van der Waals surface area contributed by atoms with E-state index in [0.717, 1.165) is 119 Å². The van der Waals surface area contributed by atoms with Gasteiger partial charge in [-0.15, -0.1) is 0 Å². The van der Waals surface area contributed by atoms with Gasteiger partial charge in [-0.1, -0.05) is 206 Å². The molecule has 0 amide bonds. The first-order valence-electron chi connectivity index (χ1n) is 28.4. The van der Waals surface area contributed by atoms with Crippen LogP contribution in [0.25, 0.3) is 33.4 Å². The van der Waals surface area contributed by atoms with Crippen LogP contribution in [0.3, 0.4) is 0 Å². The van der Waals surface area contributed by atoms with Crippen molar-refractivity contribution in [1.29, 1.82) is 0 Å². The zero-order chi connectivity index (χ0) is 56.3. The predicted octanol–water partition coefficient (Wildman–Crippen LogP) is 22.3. The lowest BCUT2D eigenvalue weighted by Gasteiger charge is -2.26. The lowest BCUT2D eigenvalue weighted by molar-refractivity contribution is 1.28. The Labute approximate surface area is 492 Å². The van der Waals surface area contributed by atoms with E-state index in [1.807, 2.05) is 0 Å². The molecule has 0 saturated heterocycles. The van der Waals surface area contributed by atoms with Crippen molar-refractivity contribution in [3.05, 3.63) is 346 Å². The SMILES string of the molecule is c1ccc(N(c2ccccc2)c2ccc(-c3ccccc3Nc3cccc(Nc4ccccc4-c4ccc(N(c5ccccc5)c5ccccc5)cc4)c3Nc3ccccc3-c3ccc(N(c4ccccc4)c4ccccc4)cc3)cc2)cc1. The first-order valence-corrected chi connectivity index (χ1v) is 28.4. The van der Waals surface area contributed by atoms with Gasteiger partial charge in [-0.3, -0.25) is 0 Å². The highest BCUT2D eigenvalue weighted by molar-refractivity contribution is 5.97. The maximum atomic E-state index is 4.01. The van der Waals surface area contributed by atoms with Gasteiger partial charge in [0.2, 0.25) is 0 Å². The van der Waals surface area contributed by atoms with E-state index in [-0.39, 0.29) is 0 Å². The van der Waals surface area contributed by atoms with Gasteiger partial charge in [0, 0.05) is 84.9 Å². The van der Waals surface area contributed by atoms with Crippen LogP contribution in [-0.2, 0) is 0 Å². The molecule has 6 heteroatoms. The molecular weight excluding hydrogens is 1020 g/mol. The van der Waals surface area contributed by atoms with Crippen LogP contribution >= 0.6 is 0 Å². The quantitative estimate of drug-likeness (QED) is 0.0796. The number of para-hydroxylation sites is 10. The smallest absolute Gasteiger partial charge is 0.0862 e. The Morgan fingerprint density at radius 1 is 0.155 bits per heavy atom. The maximum Gasteiger partial charge on any atom is 0.0862 e. The zero-order valence-corrected chi connectivity index (χ0v) is 46.3. The Morgan fingerprint density at radius 2 is 0.357 bits per heavy atom. The van der Waals surface area contributed by atoms with Gasteiger partial charge in [0.25, 0.3) is 0 Å². The van der Waals surface area contributed by atoms with Crippen molar-refractivity contribution >= 4 is 85.3 Å². The number of benzene rings is 13. The van der Waals surface area contributed by atoms with Crippen molar-refractivity contribution in [2.45, 2.75) is 0 Å². The van der Waals surface area contributed by atoms with E-state index in [1.165, 1.54) is 0 Å². The Balaban J connectivity index is 0.869. The number of hydrogen-bond acceptors (Lipinski definition) is 6. The highest BCUT2D eigenvalue weighted by Gasteiger charge is 2.20. The minimum atomic E-state index is 0.888. The monoisotopic (exact) mass is 1080 g/mol. The van der Waals surface area contributed by atoms with Crippen LogP contribution in [0.1, 0.15) is 0 Å². The summed E-state index contributed by atoms with van der Waals surface area (Å²) in [4.78, 5) is 6.87. The lowest BCUT2D eigenvalue weighted by Crippen LogP contribution is -2.09. The van der Waals surface area contributed by atoms with E-state index in [0.29, 0.717) is 0 Å². The Morgan fingerprint density at radius 3 is 0.619 bits per heavy atom. The molecule has 0 aliphatic carbocycles. The van der Waals surface area contributed by atoms with Gasteiger partial charge >= 0.3 is 0 Å². The molecular formula is C78H60N6. The topological polar surface area (TPSA) is 45.8 Å². The number of anilines is 15. The van der Waals surface area contributed by atoms with Crippen molar-refractivity contribution in [3.8, 4) is 33.4 Å². The summed E-state index contributed by atoms with van der Waals surface area (Å²) in [6.45, 7) is 0. The molecule has 13 rings (SSSR count). The predicted molar refractivity (Wildman–Crippen MR) is 356 cm³/mol. The summed E-state index contributed by atoms with van der Waals surface area (Å²) in [7, 11) is 0. The Bertz CT molecular complexity index is 3930. The fourth-order valence-corrected chi connectivity index (χ4v) is 11.0. The first-order chi connectivity index (χ1) is 41.7. The molecule has 0 atom stereocenters. The zero-order valence-electron chi connectivity index (χ0n) is 46.3. The van der Waals surface area contributed by atoms with Crippen LogP contribution < -0.4 is 30.7 Å². The molecule has 0 bridgehead atoms. The van der Waals surface area contributed by atoms with E-state index in [2.05, 4.69) is 376 Å². The third kappa shape index (κ3) is 11.4. The lowest BCUT2D eigenvalue weighted by atomic mass is 10.0. The molecule has 0 fully saturated rings. The third-order valence-electron chi connectivity index (χ3n) is 15.0. The molecule has 0 heterocycles. The molecule has 0 unspecified atom stereocenters. The molecule has 0 radical (unpaired) electrons. The van der Waals surface area contributed by atoms with Gasteiger partial charge < -0.3 is 30.7 Å². The molecule has 0 spiro atoms. The molecule has 0 aliphatic heterocycles. The molecule has 3 N–H and O–H groups in total. The second-order valence-corrected chi connectivity index (χ2v) is 20.4. The average molecular weight is 1080 g/mol. The van der Waals surface area contributed by atoms with Crippen molar-refractivity contribution in [2.75, 3.05) is 30.7 Å². The van der Waals surface area contributed by atoms with Crippen molar-refractivity contribution in [1.82, 2.24) is 0 Å². The van der Waals surface area contributed by atoms with E-state index in [9.17, 15) is 0 Å². The van der Waals surface area contributed by atoms with Crippen molar-refractivity contribution < 1.29 is 0 Å². The summed E-state index contributed by atoms with van der Waals surface area (Å²) in [5.41, 5.74) is 21.9. The molecule has 13 aromatic carbocycles. The minimum Gasteiger partial charge on any atom is -0.353 e. The van der Waals surface area contributed by atoms with Gasteiger partial charge in [-0.05, 0) is 156 Å². The molecule has 84 heavy (non-hydrogen) atoms. The maximum absolute atomic E-state index is 4.01. The van der Waals surface area contributed by atoms with E-state index in [4.69, 9.17) is 0 Å². The van der Waals surface area contributed by atoms with Gasteiger partial charge in [0.1, 0.15) is 0 Å². The van der Waals surface area contributed by atoms with Crippen LogP contribution in [0.4, 0.5) is 85.3 Å². The average Bonchev–Trinajstić information content (AvgIpc) is 3.63. The number of hydrogen-bond donors (Lipinski definition) is 3. The number of rotatable bonds is 18. The Hall–Kier alpha value is -11.3. The van der Waals surface area contributed by atoms with Crippen LogP contribution in [-0.4, -0.2) is 0 Å². The Kier molecular flexibility index (Phi) is 15.2. The molecule has 0 aromatic heterocycles. The molecule has 13 aromatic rings. The highest BCUT2D eigenvalue weighted by Crippen LogP contribution is 2.45. The normalized spacial score (nSPS) is 10.9. The summed E-state index contributed by atoms with van der Waals surface area (Å²) in [6, 6.07) is 122. The summed E-state index contributed by atoms with van der Waals surface area (Å²) >= 11 is 0. The van der Waals surface area contributed by atoms with Crippen molar-refractivity contribution in [2.24, 2.45) is 0 Å². The summed E-state index contributed by atoms with van der Waals surface area (Å²) in [6.07, 6.45) is 0. The van der Waals surface area contributed by atoms with Crippen LogP contribution in [0.15, 0.2) is 346 Å². The third-order valence-corrected chi connectivity index (χ3v) is 15.0. The molecule has 0 aliphatic rings. The second-order valence-electron chi connectivity index (χ2n) is 20.4. The van der Waals surface area contributed by atoms with E-state index in [1.54, 1.807) is 0 Å². The number of nitrogens with one attached hydrogen (secondary N) is 3. The van der Waals surface area contributed by atoms with Gasteiger partial charge in [0.15, 0.2) is 0 Å². The highest BCUT2D eigenvalue weighted by atomic mass is 15.2. The van der Waals surface area contributed by atoms with Crippen molar-refractivity contribution in [3.63, 3.8) is 0 Å². The molecule has 6 nitrogen and oxygen atoms in total. The summed E-state index contributed by atoms with van der Waals surface area (Å²) in [5, 5.41) is 11.9. The minimum absolute atomic E-state index is 0.888. The van der Waals surface area contributed by atoms with Crippen LogP contribution in [0, 0.1) is 0 Å². The summed E-state index contributed by atoms with van der Waals surface area (Å²) < 4.78 is 0. The summed E-state index contributed by atoms with van der Waals surface area (Å²) in [5.74, 6) is 0. The van der Waals surface area contributed by atoms with Gasteiger partial charge in [-0.25, -0.2) is 0 Å². The van der Waals surface area contributed by atoms with Crippen LogP contribution in [0.2, 0.25) is 0 Å². The molecule has 0 saturated carbocycles. The standard InChI is InChI=1S/C78H60N6/c1-7-26-61(27-8-1)82(62-28-9-2-10-29-62)67-52-46-58(47-53-67)70-38-19-22-41-73(70)79-76-44-25-45-77(80-74-42-23-20-39-71(74)59-48-54-68(55-49-59)83(63-30-11-3-12-31-63)64-32-13-4-14-33-64)78(76)81-75-43-24-21-40-72(75)60-50-56-69(57-51-60)84(65-34-15-5-16-35-65)66-36-17-6-18-37-66/h1-57,79-81H.